The molecule has 0 aliphatic carbocycles. The average molecular weight is 432 g/mol. The third-order valence-corrected chi connectivity index (χ3v) is 5.63. The molecule has 0 spiro atoms. The second-order valence-corrected chi connectivity index (χ2v) is 7.93. The van der Waals surface area contributed by atoms with Gasteiger partial charge in [0.05, 0.1) is 18.8 Å². The molecular weight excluding hydrogens is 402 g/mol. The molecule has 0 bridgehead atoms. The quantitative estimate of drug-likeness (QED) is 0.436. The predicted octanol–water partition coefficient (Wildman–Crippen LogP) is 3.74. The highest BCUT2D eigenvalue weighted by Gasteiger charge is 2.33. The molecule has 0 fully saturated rings. The number of hydrogen-bond acceptors (Lipinski definition) is 7. The fourth-order valence-corrected chi connectivity index (χ4v) is 4.28. The maximum absolute atomic E-state index is 12.4. The summed E-state index contributed by atoms with van der Waals surface area (Å²) in [5, 5.41) is 8.52. The van der Waals surface area contributed by atoms with Gasteiger partial charge in [-0.3, -0.25) is 4.79 Å². The standard InChI is InChI=1S/C21H29N5O3S/c1-5-8-11-30-21-24-20-23-13(4)17(19(22)27)18(26(20)25-21)14-9-10-15(28-6-2)16(12-14)29-7-3/h9-10,12,18H,5-8,11H2,1-4H3,(H2,22,27)(H,23,24,25). The van der Waals surface area contributed by atoms with Crippen LogP contribution in [0.2, 0.25) is 0 Å². The first kappa shape index (κ1) is 22.0. The summed E-state index contributed by atoms with van der Waals surface area (Å²) in [5.74, 6) is 2.31. The molecule has 30 heavy (non-hydrogen) atoms. The number of nitrogens with two attached hydrogens (primary N) is 1. The first-order valence-electron chi connectivity index (χ1n) is 10.3. The van der Waals surface area contributed by atoms with Gasteiger partial charge in [-0.15, -0.1) is 5.10 Å². The van der Waals surface area contributed by atoms with Crippen molar-refractivity contribution >= 4 is 23.6 Å². The van der Waals surface area contributed by atoms with Crippen LogP contribution in [-0.4, -0.2) is 39.6 Å². The van der Waals surface area contributed by atoms with E-state index in [9.17, 15) is 4.79 Å². The SMILES string of the molecule is CCCCSc1nc2n(n1)C(c1ccc(OCC)c(OCC)c1)C(C(N)=O)=C(C)N2. The van der Waals surface area contributed by atoms with Crippen molar-refractivity contribution in [2.24, 2.45) is 5.73 Å². The third-order valence-electron chi connectivity index (χ3n) is 4.71. The van der Waals surface area contributed by atoms with Gasteiger partial charge >= 0.3 is 0 Å². The number of allylic oxidation sites excluding steroid dienone is 1. The second-order valence-electron chi connectivity index (χ2n) is 6.87. The van der Waals surface area contributed by atoms with Gasteiger partial charge in [0.2, 0.25) is 17.0 Å². The second kappa shape index (κ2) is 9.88. The number of aromatic nitrogens is 3. The summed E-state index contributed by atoms with van der Waals surface area (Å²) in [4.78, 5) is 17.0. The molecule has 1 amide bonds. The summed E-state index contributed by atoms with van der Waals surface area (Å²) in [5.41, 5.74) is 7.71. The minimum atomic E-state index is -0.502. The zero-order valence-electron chi connectivity index (χ0n) is 17.9. The number of nitrogens with one attached hydrogen (secondary N) is 1. The highest BCUT2D eigenvalue weighted by atomic mass is 32.2. The molecule has 1 aromatic carbocycles. The summed E-state index contributed by atoms with van der Waals surface area (Å²) < 4.78 is 13.2. The van der Waals surface area contributed by atoms with Crippen molar-refractivity contribution < 1.29 is 14.3 Å². The van der Waals surface area contributed by atoms with E-state index in [0.29, 0.717) is 47.1 Å². The number of primary amides is 1. The van der Waals surface area contributed by atoms with Gasteiger partial charge in [-0.05, 0) is 44.9 Å². The Morgan fingerprint density at radius 3 is 2.63 bits per heavy atom. The molecule has 0 radical (unpaired) electrons. The summed E-state index contributed by atoms with van der Waals surface area (Å²) in [6, 6.07) is 5.15. The van der Waals surface area contributed by atoms with Crippen LogP contribution in [0, 0.1) is 0 Å². The van der Waals surface area contributed by atoms with Crippen LogP contribution in [0.15, 0.2) is 34.6 Å². The Hall–Kier alpha value is -2.68. The van der Waals surface area contributed by atoms with Gasteiger partial charge in [0, 0.05) is 11.4 Å². The highest BCUT2D eigenvalue weighted by molar-refractivity contribution is 7.99. The maximum Gasteiger partial charge on any atom is 0.248 e. The Kier molecular flexibility index (Phi) is 7.25. The number of benzene rings is 1. The molecule has 9 heteroatoms. The Morgan fingerprint density at radius 2 is 1.97 bits per heavy atom. The van der Waals surface area contributed by atoms with E-state index in [-0.39, 0.29) is 0 Å². The molecule has 2 heterocycles. The number of nitrogens with zero attached hydrogens (tertiary/aromatic N) is 3. The summed E-state index contributed by atoms with van der Waals surface area (Å²) in [6.45, 7) is 8.85. The first-order valence-corrected chi connectivity index (χ1v) is 11.2. The van der Waals surface area contributed by atoms with Crippen molar-refractivity contribution in [2.75, 3.05) is 24.3 Å². The van der Waals surface area contributed by atoms with Crippen LogP contribution in [-0.2, 0) is 4.79 Å². The number of amides is 1. The lowest BCUT2D eigenvalue weighted by atomic mass is 9.95. The number of carbonyl (C=O) groups is 1. The molecule has 1 aromatic heterocycles. The zero-order chi connectivity index (χ0) is 21.7. The van der Waals surface area contributed by atoms with E-state index in [4.69, 9.17) is 15.2 Å². The maximum atomic E-state index is 12.4. The predicted molar refractivity (Wildman–Crippen MR) is 118 cm³/mol. The van der Waals surface area contributed by atoms with Crippen molar-refractivity contribution in [3.63, 3.8) is 0 Å². The fourth-order valence-electron chi connectivity index (χ4n) is 3.37. The first-order chi connectivity index (χ1) is 14.5. The monoisotopic (exact) mass is 431 g/mol. The zero-order valence-corrected chi connectivity index (χ0v) is 18.7. The number of rotatable bonds is 10. The van der Waals surface area contributed by atoms with Gasteiger partial charge in [0.25, 0.3) is 0 Å². The molecule has 1 atom stereocenters. The van der Waals surface area contributed by atoms with E-state index in [2.05, 4.69) is 22.3 Å². The van der Waals surface area contributed by atoms with Crippen LogP contribution in [0.25, 0.3) is 0 Å². The van der Waals surface area contributed by atoms with Gasteiger partial charge in [-0.1, -0.05) is 31.2 Å². The third kappa shape index (κ3) is 4.56. The fraction of sp³-hybridized carbons (Fsp3) is 0.476. The number of carbonyl (C=O) groups excluding carboxylic acids is 1. The van der Waals surface area contributed by atoms with Crippen LogP contribution >= 0.6 is 11.8 Å². The summed E-state index contributed by atoms with van der Waals surface area (Å²) in [6.07, 6.45) is 2.20. The molecule has 2 aromatic rings. The van der Waals surface area contributed by atoms with Gasteiger partial charge in [0.15, 0.2) is 11.5 Å². The Morgan fingerprint density at radius 1 is 1.23 bits per heavy atom. The normalized spacial score (nSPS) is 15.5. The van der Waals surface area contributed by atoms with Crippen LogP contribution in [0.5, 0.6) is 11.5 Å². The lowest BCUT2D eigenvalue weighted by Crippen LogP contribution is -2.31. The highest BCUT2D eigenvalue weighted by Crippen LogP contribution is 2.39. The summed E-state index contributed by atoms with van der Waals surface area (Å²) >= 11 is 1.60. The van der Waals surface area contributed by atoms with E-state index < -0.39 is 11.9 Å². The lowest BCUT2D eigenvalue weighted by Gasteiger charge is -2.28. The molecule has 0 saturated heterocycles. The van der Waals surface area contributed by atoms with E-state index in [1.165, 1.54) is 0 Å². The van der Waals surface area contributed by atoms with E-state index in [1.807, 2.05) is 39.0 Å². The average Bonchev–Trinajstić information content (AvgIpc) is 3.11. The van der Waals surface area contributed by atoms with Gasteiger partial charge in [0.1, 0.15) is 6.04 Å². The number of anilines is 1. The van der Waals surface area contributed by atoms with Crippen LogP contribution in [0.3, 0.4) is 0 Å². The molecule has 1 unspecified atom stereocenters. The van der Waals surface area contributed by atoms with Gasteiger partial charge in [-0.2, -0.15) is 4.98 Å². The molecule has 162 valence electrons. The Balaban J connectivity index is 2.06. The van der Waals surface area contributed by atoms with Crippen LogP contribution < -0.4 is 20.5 Å². The van der Waals surface area contributed by atoms with E-state index in [0.717, 1.165) is 24.2 Å². The van der Waals surface area contributed by atoms with Crippen molar-refractivity contribution in [3.05, 3.63) is 35.0 Å². The number of thioether (sulfide) groups is 1. The van der Waals surface area contributed by atoms with Crippen LogP contribution in [0.1, 0.15) is 52.1 Å². The topological polar surface area (TPSA) is 104 Å². The van der Waals surface area contributed by atoms with Crippen molar-refractivity contribution in [3.8, 4) is 11.5 Å². The number of unbranched alkanes of at least 4 members (excludes halogenated alkanes) is 1. The minimum absolute atomic E-state index is 0.448. The van der Waals surface area contributed by atoms with Gasteiger partial charge < -0.3 is 20.5 Å². The molecule has 8 nitrogen and oxygen atoms in total. The van der Waals surface area contributed by atoms with Crippen molar-refractivity contribution in [1.82, 2.24) is 14.8 Å². The molecule has 3 rings (SSSR count). The lowest BCUT2D eigenvalue weighted by molar-refractivity contribution is -0.115. The summed E-state index contributed by atoms with van der Waals surface area (Å²) in [7, 11) is 0. The molecule has 0 saturated carbocycles. The van der Waals surface area contributed by atoms with Crippen molar-refractivity contribution in [2.45, 2.75) is 51.7 Å². The smallest absolute Gasteiger partial charge is 0.248 e. The molecule has 1 aliphatic rings. The minimum Gasteiger partial charge on any atom is -0.490 e. The van der Waals surface area contributed by atoms with E-state index >= 15 is 0 Å². The van der Waals surface area contributed by atoms with Gasteiger partial charge in [-0.25, -0.2) is 4.68 Å². The largest absolute Gasteiger partial charge is 0.490 e. The number of ether oxygens (including phenoxy) is 2. The number of fused-ring (bicyclic) bond motifs is 1. The van der Waals surface area contributed by atoms with E-state index in [1.54, 1.807) is 16.4 Å². The molecule has 3 N–H and O–H groups in total. The van der Waals surface area contributed by atoms with Crippen LogP contribution in [0.4, 0.5) is 5.95 Å². The molecule has 1 aliphatic heterocycles. The Labute approximate surface area is 181 Å². The van der Waals surface area contributed by atoms with Crippen molar-refractivity contribution in [1.29, 1.82) is 0 Å². The number of hydrogen-bond donors (Lipinski definition) is 2. The molecular formula is C21H29N5O3S. The Bertz CT molecular complexity index is 941.